The molecular weight excluding hydrogens is 755 g/mol. The van der Waals surface area contributed by atoms with Crippen LogP contribution in [0.4, 0.5) is 11.5 Å². The number of phenols is 1. The Hall–Kier alpha value is -5.93. The van der Waals surface area contributed by atoms with E-state index in [1.807, 2.05) is 76.5 Å². The number of carbonyl (C=O) groups is 3. The molecule has 5 aromatic rings. The van der Waals surface area contributed by atoms with Crippen LogP contribution in [0.25, 0.3) is 21.7 Å². The number of piperazine rings is 1. The highest BCUT2D eigenvalue weighted by atomic mass is 32.1. The largest absolute Gasteiger partial charge is 0.507 e. The minimum Gasteiger partial charge on any atom is -0.507 e. The van der Waals surface area contributed by atoms with Crippen LogP contribution in [0.1, 0.15) is 61.8 Å². The van der Waals surface area contributed by atoms with Crippen molar-refractivity contribution in [2.24, 2.45) is 5.41 Å². The summed E-state index contributed by atoms with van der Waals surface area (Å²) in [5.74, 6) is -0.470. The first-order valence-electron chi connectivity index (χ1n) is 19.4. The van der Waals surface area contributed by atoms with Gasteiger partial charge in [0.2, 0.25) is 11.8 Å². The van der Waals surface area contributed by atoms with E-state index in [0.29, 0.717) is 48.8 Å². The highest BCUT2D eigenvalue weighted by Crippen LogP contribution is 2.32. The smallest absolute Gasteiger partial charge is 0.252 e. The lowest BCUT2D eigenvalue weighted by molar-refractivity contribution is -0.142. The van der Waals surface area contributed by atoms with Crippen LogP contribution in [-0.2, 0) is 9.59 Å². The summed E-state index contributed by atoms with van der Waals surface area (Å²) in [5.41, 5.74) is 6.45. The van der Waals surface area contributed by atoms with Crippen molar-refractivity contribution >= 4 is 40.6 Å². The number of likely N-dealkylation sites (tertiary alicyclic amines) is 1. The average Bonchev–Trinajstić information content (AvgIpc) is 3.84. The molecule has 4 N–H and O–H groups in total. The van der Waals surface area contributed by atoms with Gasteiger partial charge < -0.3 is 35.5 Å². The van der Waals surface area contributed by atoms with Gasteiger partial charge in [-0.05, 0) is 60.7 Å². The number of aromatic nitrogens is 4. The first kappa shape index (κ1) is 40.3. The molecule has 302 valence electrons. The van der Waals surface area contributed by atoms with Crippen molar-refractivity contribution in [3.8, 4) is 27.4 Å². The molecule has 0 bridgehead atoms. The zero-order valence-electron chi connectivity index (χ0n) is 33.3. The number of β-amino-alcohol motifs (C(OH)–C–C–N with tert-alkyl or cyclic N) is 1. The van der Waals surface area contributed by atoms with Gasteiger partial charge in [-0.1, -0.05) is 57.2 Å². The first-order valence-corrected chi connectivity index (χ1v) is 20.3. The molecule has 0 aliphatic carbocycles. The molecule has 2 saturated heterocycles. The SMILES string of the molecule is Cc1ncsc1-c1ccc([C@H](C)NC(=O)[C@@H]2C[C@@H](O)CN2C(=O)C(NC(=O)c2ccnc(N3CCN(c4cnnc(-c5ccccc5O)c4)CC3)c2)C(C)(C)C)cc1. The Labute approximate surface area is 342 Å². The fraction of sp³-hybridized carbons (Fsp3) is 0.372. The molecule has 7 rings (SSSR count). The molecule has 5 heterocycles. The summed E-state index contributed by atoms with van der Waals surface area (Å²) < 4.78 is 0. The quantitative estimate of drug-likeness (QED) is 0.150. The number of para-hydroxylation sites is 1. The zero-order chi connectivity index (χ0) is 41.1. The van der Waals surface area contributed by atoms with E-state index in [4.69, 9.17) is 0 Å². The Morgan fingerprint density at radius 3 is 2.34 bits per heavy atom. The normalized spacial score (nSPS) is 18.1. The van der Waals surface area contributed by atoms with Gasteiger partial charge in [0.1, 0.15) is 23.7 Å². The summed E-state index contributed by atoms with van der Waals surface area (Å²) in [4.78, 5) is 57.6. The van der Waals surface area contributed by atoms with Crippen LogP contribution in [-0.4, -0.2) is 104 Å². The number of pyridine rings is 1. The van der Waals surface area contributed by atoms with Crippen molar-refractivity contribution in [2.45, 2.75) is 65.3 Å². The summed E-state index contributed by atoms with van der Waals surface area (Å²) in [6.07, 6.45) is 2.50. The average molecular weight is 804 g/mol. The third-order valence-corrected chi connectivity index (χ3v) is 11.8. The van der Waals surface area contributed by atoms with Gasteiger partial charge >= 0.3 is 0 Å². The molecule has 3 amide bonds. The number of thiazole rings is 1. The minimum absolute atomic E-state index is 0.0202. The van der Waals surface area contributed by atoms with Crippen molar-refractivity contribution in [1.82, 2.24) is 35.7 Å². The number of aromatic hydroxyl groups is 1. The maximum atomic E-state index is 14.3. The fourth-order valence-corrected chi connectivity index (χ4v) is 8.32. The molecule has 0 radical (unpaired) electrons. The molecule has 14 nitrogen and oxygen atoms in total. The van der Waals surface area contributed by atoms with E-state index in [1.54, 1.807) is 54.1 Å². The summed E-state index contributed by atoms with van der Waals surface area (Å²) in [7, 11) is 0. The van der Waals surface area contributed by atoms with Gasteiger partial charge in [0.05, 0.1) is 45.8 Å². The minimum atomic E-state index is -0.988. The maximum absolute atomic E-state index is 14.3. The molecule has 4 atom stereocenters. The third-order valence-electron chi connectivity index (χ3n) is 10.8. The van der Waals surface area contributed by atoms with Gasteiger partial charge in [-0.3, -0.25) is 14.4 Å². The Bertz CT molecular complexity index is 2270. The number of aryl methyl sites for hydroxylation is 1. The van der Waals surface area contributed by atoms with E-state index in [-0.39, 0.29) is 30.7 Å². The van der Waals surface area contributed by atoms with Crippen molar-refractivity contribution in [3.63, 3.8) is 0 Å². The predicted molar refractivity (Wildman–Crippen MR) is 223 cm³/mol. The second kappa shape index (κ2) is 16.9. The van der Waals surface area contributed by atoms with Crippen LogP contribution >= 0.6 is 11.3 Å². The lowest BCUT2D eigenvalue weighted by atomic mass is 9.85. The van der Waals surface area contributed by atoms with E-state index < -0.39 is 35.4 Å². The van der Waals surface area contributed by atoms with Gasteiger partial charge in [-0.15, -0.1) is 11.3 Å². The molecule has 0 spiro atoms. The molecular formula is C43H49N9O5S. The number of nitrogens with zero attached hydrogens (tertiary/aromatic N) is 7. The van der Waals surface area contributed by atoms with Gasteiger partial charge in [0, 0.05) is 56.5 Å². The van der Waals surface area contributed by atoms with Crippen LogP contribution < -0.4 is 20.4 Å². The second-order valence-corrected chi connectivity index (χ2v) is 16.8. The van der Waals surface area contributed by atoms with Gasteiger partial charge in [-0.25, -0.2) is 9.97 Å². The molecule has 2 aliphatic heterocycles. The number of amides is 3. The summed E-state index contributed by atoms with van der Waals surface area (Å²) in [6.45, 7) is 12.0. The monoisotopic (exact) mass is 803 g/mol. The summed E-state index contributed by atoms with van der Waals surface area (Å²) in [6, 6.07) is 18.0. The van der Waals surface area contributed by atoms with E-state index in [9.17, 15) is 24.6 Å². The van der Waals surface area contributed by atoms with Crippen LogP contribution in [0.15, 0.2) is 84.6 Å². The molecule has 2 aromatic carbocycles. The number of hydrogen-bond donors (Lipinski definition) is 4. The molecule has 15 heteroatoms. The number of hydrogen-bond acceptors (Lipinski definition) is 12. The van der Waals surface area contributed by atoms with Gasteiger partial charge in [-0.2, -0.15) is 10.2 Å². The molecule has 0 saturated carbocycles. The molecule has 1 unspecified atom stereocenters. The van der Waals surface area contributed by atoms with E-state index in [2.05, 4.69) is 40.6 Å². The van der Waals surface area contributed by atoms with Crippen LogP contribution in [0.2, 0.25) is 0 Å². The predicted octanol–water partition coefficient (Wildman–Crippen LogP) is 4.99. The second-order valence-electron chi connectivity index (χ2n) is 16.0. The Kier molecular flexibility index (Phi) is 11.7. The molecule has 3 aromatic heterocycles. The van der Waals surface area contributed by atoms with Crippen LogP contribution in [0.3, 0.4) is 0 Å². The molecule has 2 fully saturated rings. The molecule has 58 heavy (non-hydrogen) atoms. The lowest BCUT2D eigenvalue weighted by Crippen LogP contribution is -2.57. The Balaban J connectivity index is 0.989. The molecule has 2 aliphatic rings. The lowest BCUT2D eigenvalue weighted by Gasteiger charge is -2.37. The third kappa shape index (κ3) is 8.80. The van der Waals surface area contributed by atoms with Gasteiger partial charge in [0.25, 0.3) is 5.91 Å². The Morgan fingerprint density at radius 1 is 0.931 bits per heavy atom. The number of anilines is 2. The van der Waals surface area contributed by atoms with Gasteiger partial charge in [0.15, 0.2) is 0 Å². The highest BCUT2D eigenvalue weighted by Gasteiger charge is 2.45. The van der Waals surface area contributed by atoms with Crippen LogP contribution in [0.5, 0.6) is 5.75 Å². The van der Waals surface area contributed by atoms with Crippen LogP contribution in [0, 0.1) is 12.3 Å². The highest BCUT2D eigenvalue weighted by molar-refractivity contribution is 7.13. The number of benzene rings is 2. The zero-order valence-corrected chi connectivity index (χ0v) is 34.1. The van der Waals surface area contributed by atoms with E-state index in [1.165, 1.54) is 4.90 Å². The van der Waals surface area contributed by atoms with E-state index in [0.717, 1.165) is 27.4 Å². The summed E-state index contributed by atoms with van der Waals surface area (Å²) >= 11 is 1.58. The van der Waals surface area contributed by atoms with Crippen molar-refractivity contribution in [1.29, 1.82) is 0 Å². The Morgan fingerprint density at radius 2 is 1.66 bits per heavy atom. The number of aliphatic hydroxyl groups is 1. The van der Waals surface area contributed by atoms with Crippen molar-refractivity contribution < 1.29 is 24.6 Å². The number of nitrogens with one attached hydrogen (secondary N) is 2. The topological polar surface area (TPSA) is 177 Å². The van der Waals surface area contributed by atoms with Crippen molar-refractivity contribution in [2.75, 3.05) is 42.5 Å². The number of aliphatic hydroxyl groups excluding tert-OH is 1. The number of rotatable bonds is 10. The number of phenolic OH excluding ortho intramolecular Hbond substituents is 1. The van der Waals surface area contributed by atoms with Crippen molar-refractivity contribution in [3.05, 3.63) is 101 Å². The number of carbonyl (C=O) groups excluding carboxylic acids is 3. The summed E-state index contributed by atoms with van der Waals surface area (Å²) in [5, 5.41) is 35.4. The maximum Gasteiger partial charge on any atom is 0.252 e. The standard InChI is InChI=1S/C43H49N9O5S/c1-26(28-10-12-29(13-11-28)38-27(2)45-25-58-38)47-41(56)35-22-32(53)24-52(35)42(57)39(43(3,4)5)48-40(55)30-14-15-44-37(20-30)51-18-16-50(17-19-51)31-21-34(49-46-23-31)33-8-6-7-9-36(33)54/h6-15,20-21,23,25-26,32,35,39,53-54H,16-19,22,24H2,1-5H3,(H,47,56)(H,48,55)/t26-,32+,35-,39?/m0/s1. The fourth-order valence-electron chi connectivity index (χ4n) is 7.51. The first-order chi connectivity index (χ1) is 27.8. The van der Waals surface area contributed by atoms with E-state index >= 15 is 0 Å².